The zero-order chi connectivity index (χ0) is 11.3. The lowest BCUT2D eigenvalue weighted by Crippen LogP contribution is -2.44. The smallest absolute Gasteiger partial charge is 0.253 e. The van der Waals surface area contributed by atoms with Crippen LogP contribution in [-0.2, 0) is 0 Å². The molecule has 1 saturated heterocycles. The summed E-state index contributed by atoms with van der Waals surface area (Å²) in [6.45, 7) is 1.69. The maximum absolute atomic E-state index is 11.9. The third-order valence-corrected chi connectivity index (χ3v) is 4.09. The molecule has 17 heavy (non-hydrogen) atoms. The summed E-state index contributed by atoms with van der Waals surface area (Å²) in [5, 5.41) is 7.02. The van der Waals surface area contributed by atoms with Gasteiger partial charge in [0, 0.05) is 25.0 Å². The Bertz CT molecular complexity index is 478. The highest BCUT2D eigenvalue weighted by atomic mass is 35.5. The van der Waals surface area contributed by atoms with Gasteiger partial charge in [0.15, 0.2) is 0 Å². The third-order valence-electron chi connectivity index (χ3n) is 3.28. The molecule has 3 rings (SSSR count). The molecule has 1 aromatic rings. The van der Waals surface area contributed by atoms with E-state index in [0.29, 0.717) is 21.5 Å². The van der Waals surface area contributed by atoms with E-state index in [0.717, 1.165) is 18.7 Å². The van der Waals surface area contributed by atoms with Gasteiger partial charge in [-0.1, -0.05) is 29.3 Å². The van der Waals surface area contributed by atoms with Crippen LogP contribution in [0.3, 0.4) is 0 Å². The molecule has 2 aliphatic heterocycles. The molecule has 0 radical (unpaired) electrons. The number of fused-ring (bicyclic) bond motifs is 3. The molecule has 6 heteroatoms. The average molecular weight is 294 g/mol. The maximum Gasteiger partial charge on any atom is 0.253 e. The van der Waals surface area contributed by atoms with Crippen molar-refractivity contribution in [3.63, 3.8) is 0 Å². The molecular weight excluding hydrogens is 282 g/mol. The highest BCUT2D eigenvalue weighted by molar-refractivity contribution is 6.44. The quantitative estimate of drug-likeness (QED) is 0.770. The largest absolute Gasteiger partial charge is 0.347 e. The van der Waals surface area contributed by atoms with Crippen molar-refractivity contribution < 1.29 is 4.79 Å². The second-order valence-electron chi connectivity index (χ2n) is 4.17. The maximum atomic E-state index is 11.9. The van der Waals surface area contributed by atoms with Gasteiger partial charge >= 0.3 is 0 Å². The van der Waals surface area contributed by atoms with E-state index in [2.05, 4.69) is 10.6 Å². The average Bonchev–Trinajstić information content (AvgIpc) is 2.70. The first-order valence-corrected chi connectivity index (χ1v) is 5.93. The van der Waals surface area contributed by atoms with Crippen molar-refractivity contribution in [2.45, 2.75) is 12.0 Å². The number of hydrogen-bond donors (Lipinski definition) is 2. The van der Waals surface area contributed by atoms with Crippen LogP contribution in [0.2, 0.25) is 10.0 Å². The van der Waals surface area contributed by atoms with Crippen LogP contribution in [0.4, 0.5) is 0 Å². The van der Waals surface area contributed by atoms with E-state index in [1.807, 2.05) is 6.07 Å². The molecule has 0 unspecified atom stereocenters. The first-order valence-electron chi connectivity index (χ1n) is 5.18. The minimum absolute atomic E-state index is 0. The Morgan fingerprint density at radius 2 is 2.00 bits per heavy atom. The summed E-state index contributed by atoms with van der Waals surface area (Å²) in [5.41, 5.74) is 1.55. The Balaban J connectivity index is 0.00000108. The van der Waals surface area contributed by atoms with Crippen LogP contribution in [0.5, 0.6) is 0 Å². The van der Waals surface area contributed by atoms with Gasteiger partial charge in [-0.15, -0.1) is 12.4 Å². The first-order chi connectivity index (χ1) is 7.68. The van der Waals surface area contributed by atoms with Crippen molar-refractivity contribution in [2.24, 2.45) is 0 Å². The fraction of sp³-hybridized carbons (Fsp3) is 0.364. The number of carbonyl (C=O) groups is 1. The van der Waals surface area contributed by atoms with Gasteiger partial charge in [0.25, 0.3) is 5.91 Å². The Hall–Kier alpha value is -0.480. The molecule has 0 aliphatic carbocycles. The molecular formula is C11H11Cl3N2O. The SMILES string of the molecule is Cl.O=C1N[C@H]2CNC[C@@H]2c2ccc(Cl)c(Cl)c21. The van der Waals surface area contributed by atoms with Gasteiger partial charge in [-0.05, 0) is 11.6 Å². The molecule has 0 bridgehead atoms. The molecule has 92 valence electrons. The van der Waals surface area contributed by atoms with Crippen LogP contribution in [0.15, 0.2) is 12.1 Å². The van der Waals surface area contributed by atoms with E-state index in [1.54, 1.807) is 6.07 Å². The van der Waals surface area contributed by atoms with Crippen molar-refractivity contribution in [1.82, 2.24) is 10.6 Å². The first kappa shape index (κ1) is 13.0. The van der Waals surface area contributed by atoms with Gasteiger partial charge in [0.2, 0.25) is 0 Å². The van der Waals surface area contributed by atoms with E-state index in [4.69, 9.17) is 23.2 Å². The molecule has 1 fully saturated rings. The zero-order valence-corrected chi connectivity index (χ0v) is 11.1. The summed E-state index contributed by atoms with van der Waals surface area (Å²) >= 11 is 12.0. The minimum Gasteiger partial charge on any atom is -0.347 e. The Morgan fingerprint density at radius 1 is 1.24 bits per heavy atom. The summed E-state index contributed by atoms with van der Waals surface area (Å²) < 4.78 is 0. The molecule has 2 N–H and O–H groups in total. The van der Waals surface area contributed by atoms with Gasteiger partial charge in [-0.3, -0.25) is 4.79 Å². The van der Waals surface area contributed by atoms with Gasteiger partial charge in [-0.25, -0.2) is 0 Å². The van der Waals surface area contributed by atoms with Crippen molar-refractivity contribution in [2.75, 3.05) is 13.1 Å². The molecule has 2 heterocycles. The van der Waals surface area contributed by atoms with Crippen LogP contribution in [0, 0.1) is 0 Å². The summed E-state index contributed by atoms with van der Waals surface area (Å²) in [6.07, 6.45) is 0. The Kier molecular flexibility index (Phi) is 3.55. The fourth-order valence-corrected chi connectivity index (χ4v) is 2.92. The minimum atomic E-state index is -0.118. The molecule has 2 aliphatic rings. The van der Waals surface area contributed by atoms with Crippen LogP contribution in [0.25, 0.3) is 0 Å². The lowest BCUT2D eigenvalue weighted by atomic mass is 9.86. The molecule has 0 aromatic heterocycles. The molecule has 1 aromatic carbocycles. The van der Waals surface area contributed by atoms with Crippen molar-refractivity contribution in [1.29, 1.82) is 0 Å². The highest BCUT2D eigenvalue weighted by Gasteiger charge is 2.38. The van der Waals surface area contributed by atoms with Gasteiger partial charge in [0.05, 0.1) is 15.6 Å². The second-order valence-corrected chi connectivity index (χ2v) is 4.96. The summed E-state index contributed by atoms with van der Waals surface area (Å²) in [6, 6.07) is 3.85. The summed E-state index contributed by atoms with van der Waals surface area (Å²) in [5.74, 6) is 0.190. The van der Waals surface area contributed by atoms with E-state index in [1.165, 1.54) is 0 Å². The van der Waals surface area contributed by atoms with Crippen LogP contribution in [-0.4, -0.2) is 25.0 Å². The lowest BCUT2D eigenvalue weighted by molar-refractivity contribution is 0.0924. The second kappa shape index (κ2) is 4.65. The Labute approximate surface area is 115 Å². The number of halogens is 3. The molecule has 0 spiro atoms. The van der Waals surface area contributed by atoms with E-state index < -0.39 is 0 Å². The normalized spacial score (nSPS) is 25.6. The van der Waals surface area contributed by atoms with Crippen molar-refractivity contribution in [3.8, 4) is 0 Å². The van der Waals surface area contributed by atoms with E-state index in [-0.39, 0.29) is 24.4 Å². The number of nitrogens with one attached hydrogen (secondary N) is 2. The zero-order valence-electron chi connectivity index (χ0n) is 8.80. The van der Waals surface area contributed by atoms with Crippen LogP contribution in [0.1, 0.15) is 21.8 Å². The molecule has 0 saturated carbocycles. The van der Waals surface area contributed by atoms with Gasteiger partial charge < -0.3 is 10.6 Å². The fourth-order valence-electron chi connectivity index (χ4n) is 2.50. The number of amides is 1. The van der Waals surface area contributed by atoms with Crippen molar-refractivity contribution in [3.05, 3.63) is 33.3 Å². The lowest BCUT2D eigenvalue weighted by Gasteiger charge is -2.28. The third kappa shape index (κ3) is 1.91. The topological polar surface area (TPSA) is 41.1 Å². The van der Waals surface area contributed by atoms with E-state index in [9.17, 15) is 4.79 Å². The van der Waals surface area contributed by atoms with Crippen molar-refractivity contribution >= 4 is 41.5 Å². The highest BCUT2D eigenvalue weighted by Crippen LogP contribution is 2.37. The van der Waals surface area contributed by atoms with Crippen LogP contribution >= 0.6 is 35.6 Å². The number of benzene rings is 1. The number of rotatable bonds is 0. The number of hydrogen-bond acceptors (Lipinski definition) is 2. The molecule has 3 nitrogen and oxygen atoms in total. The van der Waals surface area contributed by atoms with Gasteiger partial charge in [-0.2, -0.15) is 0 Å². The molecule has 2 atom stereocenters. The van der Waals surface area contributed by atoms with E-state index >= 15 is 0 Å². The Morgan fingerprint density at radius 3 is 2.76 bits per heavy atom. The predicted octanol–water partition coefficient (Wildman–Crippen LogP) is 2.21. The number of carbonyl (C=O) groups excluding carboxylic acids is 1. The monoisotopic (exact) mass is 292 g/mol. The standard InChI is InChI=1S/C11H10Cl2N2O.ClH/c12-7-2-1-5-6-3-14-4-8(6)15-11(16)9(5)10(7)13;/h1-2,6,8,14H,3-4H2,(H,15,16);1H/t6-,8+;/m1./s1. The van der Waals surface area contributed by atoms with Crippen LogP contribution < -0.4 is 10.6 Å². The summed E-state index contributed by atoms with van der Waals surface area (Å²) in [4.78, 5) is 11.9. The predicted molar refractivity (Wildman–Crippen MR) is 70.6 cm³/mol. The molecule has 1 amide bonds. The summed E-state index contributed by atoms with van der Waals surface area (Å²) in [7, 11) is 0. The van der Waals surface area contributed by atoms with Gasteiger partial charge in [0.1, 0.15) is 0 Å².